The quantitative estimate of drug-likeness (QED) is 0.521. The van der Waals surface area contributed by atoms with Gasteiger partial charge in [0.15, 0.2) is 0 Å². The summed E-state index contributed by atoms with van der Waals surface area (Å²) in [5.74, 6) is 0.683. The first-order valence-electron chi connectivity index (χ1n) is 8.18. The molecule has 7 nitrogen and oxygen atoms in total. The fourth-order valence-corrected chi connectivity index (χ4v) is 3.16. The summed E-state index contributed by atoms with van der Waals surface area (Å²) in [5.41, 5.74) is 3.00. The molecule has 0 radical (unpaired) electrons. The van der Waals surface area contributed by atoms with Crippen molar-refractivity contribution in [3.8, 4) is 17.5 Å². The minimum atomic E-state index is -0.462. The Balaban J connectivity index is 1.75. The summed E-state index contributed by atoms with van der Waals surface area (Å²) in [5, 5.41) is 20.3. The highest BCUT2D eigenvalue weighted by Crippen LogP contribution is 2.37. The molecule has 1 aromatic heterocycles. The molecule has 2 aromatic carbocycles. The molecule has 0 unspecified atom stereocenters. The normalized spacial score (nSPS) is 13.1. The monoisotopic (exact) mass is 346 g/mol. The largest absolute Gasteiger partial charge is 0.419 e. The Morgan fingerprint density at radius 3 is 2.69 bits per heavy atom. The van der Waals surface area contributed by atoms with Crippen molar-refractivity contribution < 1.29 is 9.34 Å². The number of hydrogen-bond acceptors (Lipinski definition) is 6. The maximum absolute atomic E-state index is 10.8. The molecule has 0 bridgehead atoms. The average Bonchev–Trinajstić information content (AvgIpc) is 3.12. The van der Waals surface area contributed by atoms with Gasteiger partial charge in [0.2, 0.25) is 17.5 Å². The van der Waals surface area contributed by atoms with Crippen LogP contribution in [-0.4, -0.2) is 16.5 Å². The number of anilines is 2. The van der Waals surface area contributed by atoms with Crippen molar-refractivity contribution in [2.24, 2.45) is 0 Å². The zero-order valence-corrected chi connectivity index (χ0v) is 13.8. The molecule has 0 N–H and O–H groups in total. The molecular weight excluding hydrogens is 332 g/mol. The van der Waals surface area contributed by atoms with Gasteiger partial charge in [-0.15, -0.1) is 0 Å². The van der Waals surface area contributed by atoms with Gasteiger partial charge in [0.25, 0.3) is 5.69 Å². The first-order chi connectivity index (χ1) is 12.7. The third kappa shape index (κ3) is 2.67. The summed E-state index contributed by atoms with van der Waals surface area (Å²) in [7, 11) is 0. The molecule has 0 amide bonds. The van der Waals surface area contributed by atoms with Crippen molar-refractivity contribution in [2.75, 3.05) is 11.4 Å². The minimum Gasteiger partial charge on any atom is -0.419 e. The van der Waals surface area contributed by atoms with Gasteiger partial charge in [-0.25, -0.2) is 0 Å². The Morgan fingerprint density at radius 2 is 1.96 bits per heavy atom. The van der Waals surface area contributed by atoms with E-state index < -0.39 is 4.92 Å². The van der Waals surface area contributed by atoms with Crippen LogP contribution in [0, 0.1) is 21.4 Å². The maximum atomic E-state index is 10.8. The number of non-ortho nitro benzene ring substituents is 1. The lowest BCUT2D eigenvalue weighted by atomic mass is 10.0. The Hall–Kier alpha value is -3.66. The van der Waals surface area contributed by atoms with Gasteiger partial charge >= 0.3 is 0 Å². The van der Waals surface area contributed by atoms with E-state index in [0.717, 1.165) is 25.1 Å². The van der Waals surface area contributed by atoms with E-state index in [4.69, 9.17) is 4.42 Å². The Kier molecular flexibility index (Phi) is 3.86. The molecule has 0 saturated heterocycles. The van der Waals surface area contributed by atoms with Crippen molar-refractivity contribution in [3.05, 3.63) is 69.9 Å². The molecule has 0 fully saturated rings. The van der Waals surface area contributed by atoms with Crippen LogP contribution in [0.15, 0.2) is 52.9 Å². The van der Waals surface area contributed by atoms with Crippen LogP contribution in [-0.2, 0) is 6.42 Å². The number of para-hydroxylation sites is 1. The van der Waals surface area contributed by atoms with E-state index in [0.29, 0.717) is 11.4 Å². The predicted molar refractivity (Wildman–Crippen MR) is 95.1 cm³/mol. The molecular formula is C19H14N4O3. The molecule has 0 saturated carbocycles. The number of benzene rings is 2. The van der Waals surface area contributed by atoms with Gasteiger partial charge < -0.3 is 9.32 Å². The molecule has 7 heteroatoms. The third-order valence-electron chi connectivity index (χ3n) is 4.40. The summed E-state index contributed by atoms with van der Waals surface area (Å²) >= 11 is 0. The Morgan fingerprint density at radius 1 is 1.19 bits per heavy atom. The highest BCUT2D eigenvalue weighted by molar-refractivity contribution is 5.69. The van der Waals surface area contributed by atoms with E-state index in [1.165, 1.54) is 17.7 Å². The fraction of sp³-hybridized carbons (Fsp3) is 0.158. The number of aromatic nitrogens is 1. The number of oxazole rings is 1. The van der Waals surface area contributed by atoms with Crippen LogP contribution in [0.25, 0.3) is 11.5 Å². The van der Waals surface area contributed by atoms with Gasteiger partial charge in [0.1, 0.15) is 6.07 Å². The van der Waals surface area contributed by atoms with Crippen molar-refractivity contribution in [2.45, 2.75) is 12.8 Å². The van der Waals surface area contributed by atoms with E-state index >= 15 is 0 Å². The molecule has 0 spiro atoms. The van der Waals surface area contributed by atoms with Crippen molar-refractivity contribution >= 4 is 17.3 Å². The van der Waals surface area contributed by atoms with E-state index in [-0.39, 0.29) is 17.3 Å². The maximum Gasteiger partial charge on any atom is 0.269 e. The average molecular weight is 346 g/mol. The molecule has 3 aromatic rings. The van der Waals surface area contributed by atoms with E-state index in [1.807, 2.05) is 23.1 Å². The van der Waals surface area contributed by atoms with Gasteiger partial charge in [-0.05, 0) is 36.6 Å². The van der Waals surface area contributed by atoms with Gasteiger partial charge in [0.05, 0.1) is 4.92 Å². The second-order valence-corrected chi connectivity index (χ2v) is 5.97. The third-order valence-corrected chi connectivity index (χ3v) is 4.40. The molecule has 0 atom stereocenters. The van der Waals surface area contributed by atoms with E-state index in [9.17, 15) is 15.4 Å². The number of fused-ring (bicyclic) bond motifs is 1. The standard InChI is InChI=1S/C19H14N4O3/c20-12-16-19(22-11-3-5-13-4-1-2-6-17(13)22)26-18(21-16)14-7-9-15(10-8-14)23(24)25/h1-2,4,6-10H,3,5,11H2. The molecule has 1 aliphatic heterocycles. The van der Waals surface area contributed by atoms with Gasteiger partial charge in [-0.1, -0.05) is 18.2 Å². The number of rotatable bonds is 3. The topological polar surface area (TPSA) is 96.2 Å². The number of nitriles is 1. The zero-order valence-electron chi connectivity index (χ0n) is 13.8. The van der Waals surface area contributed by atoms with Gasteiger partial charge in [0, 0.05) is 29.9 Å². The molecule has 26 heavy (non-hydrogen) atoms. The van der Waals surface area contributed by atoms with Crippen LogP contribution in [0.2, 0.25) is 0 Å². The van der Waals surface area contributed by atoms with E-state index in [1.54, 1.807) is 12.1 Å². The summed E-state index contributed by atoms with van der Waals surface area (Å²) in [6, 6.07) is 16.0. The lowest BCUT2D eigenvalue weighted by molar-refractivity contribution is -0.384. The summed E-state index contributed by atoms with van der Waals surface area (Å²) < 4.78 is 5.91. The van der Waals surface area contributed by atoms with Gasteiger partial charge in [-0.2, -0.15) is 10.2 Å². The van der Waals surface area contributed by atoms with Crippen LogP contribution < -0.4 is 4.90 Å². The highest BCUT2D eigenvalue weighted by atomic mass is 16.6. The van der Waals surface area contributed by atoms with Crippen LogP contribution >= 0.6 is 0 Å². The molecule has 0 aliphatic carbocycles. The zero-order chi connectivity index (χ0) is 18.1. The van der Waals surface area contributed by atoms with Crippen LogP contribution in [0.5, 0.6) is 0 Å². The predicted octanol–water partition coefficient (Wildman–Crippen LogP) is 4.21. The fourth-order valence-electron chi connectivity index (χ4n) is 3.16. The number of hydrogen-bond donors (Lipinski definition) is 0. The lowest BCUT2D eigenvalue weighted by Crippen LogP contribution is -2.24. The molecule has 2 heterocycles. The SMILES string of the molecule is N#Cc1nc(-c2ccc([N+](=O)[O-])cc2)oc1N1CCCc2ccccc21. The molecule has 1 aliphatic rings. The number of nitro groups is 1. The summed E-state index contributed by atoms with van der Waals surface area (Å²) in [6.45, 7) is 0.737. The number of aryl methyl sites for hydroxylation is 1. The Bertz CT molecular complexity index is 1020. The number of nitrogens with zero attached hydrogens (tertiary/aromatic N) is 4. The lowest BCUT2D eigenvalue weighted by Gasteiger charge is -2.28. The second kappa shape index (κ2) is 6.33. The first-order valence-corrected chi connectivity index (χ1v) is 8.18. The van der Waals surface area contributed by atoms with Crippen LogP contribution in [0.1, 0.15) is 17.7 Å². The highest BCUT2D eigenvalue weighted by Gasteiger charge is 2.25. The first kappa shape index (κ1) is 15.8. The molecule has 128 valence electrons. The number of nitro benzene ring substituents is 1. The van der Waals surface area contributed by atoms with Gasteiger partial charge in [-0.3, -0.25) is 10.1 Å². The molecule has 4 rings (SSSR count). The van der Waals surface area contributed by atoms with E-state index in [2.05, 4.69) is 17.1 Å². The van der Waals surface area contributed by atoms with Crippen LogP contribution in [0.3, 0.4) is 0 Å². The second-order valence-electron chi connectivity index (χ2n) is 5.97. The van der Waals surface area contributed by atoms with Crippen molar-refractivity contribution in [3.63, 3.8) is 0 Å². The Labute approximate surface area is 149 Å². The van der Waals surface area contributed by atoms with Crippen molar-refractivity contribution in [1.82, 2.24) is 4.98 Å². The smallest absolute Gasteiger partial charge is 0.269 e. The summed E-state index contributed by atoms with van der Waals surface area (Å²) in [6.07, 6.45) is 1.94. The summed E-state index contributed by atoms with van der Waals surface area (Å²) in [4.78, 5) is 16.6. The van der Waals surface area contributed by atoms with Crippen molar-refractivity contribution in [1.29, 1.82) is 5.26 Å². The van der Waals surface area contributed by atoms with Crippen LogP contribution in [0.4, 0.5) is 17.3 Å². The minimum absolute atomic E-state index is 0.00834.